The van der Waals surface area contributed by atoms with E-state index in [0.29, 0.717) is 12.2 Å². The van der Waals surface area contributed by atoms with Crippen LogP contribution in [0.25, 0.3) is 11.1 Å². The van der Waals surface area contributed by atoms with Crippen molar-refractivity contribution in [2.24, 2.45) is 0 Å². The van der Waals surface area contributed by atoms with Gasteiger partial charge in [-0.2, -0.15) is 5.10 Å². The average molecular weight is 279 g/mol. The van der Waals surface area contributed by atoms with Crippen molar-refractivity contribution in [3.63, 3.8) is 0 Å². The van der Waals surface area contributed by atoms with Crippen LogP contribution in [0.2, 0.25) is 0 Å². The predicted molar refractivity (Wildman–Crippen MR) is 70.8 cm³/mol. The van der Waals surface area contributed by atoms with E-state index in [-0.39, 0.29) is 17.5 Å². The van der Waals surface area contributed by atoms with Crippen LogP contribution >= 0.6 is 0 Å². The van der Waals surface area contributed by atoms with Crippen LogP contribution in [-0.2, 0) is 4.74 Å². The Bertz CT molecular complexity index is 621. The van der Waals surface area contributed by atoms with Crippen molar-refractivity contribution in [1.29, 1.82) is 0 Å². The number of nitrogens with zero attached hydrogens (tertiary/aromatic N) is 2. The molecule has 1 atom stereocenters. The lowest BCUT2D eigenvalue weighted by Crippen LogP contribution is -2.18. The van der Waals surface area contributed by atoms with Crippen LogP contribution in [-0.4, -0.2) is 16.4 Å². The molecule has 0 bridgehead atoms. The average Bonchev–Trinajstić information content (AvgIpc) is 2.95. The van der Waals surface area contributed by atoms with Gasteiger partial charge in [-0.05, 0) is 31.4 Å². The lowest BCUT2D eigenvalue weighted by molar-refractivity contribution is -0.0394. The number of benzene rings is 1. The molecule has 1 aliphatic rings. The van der Waals surface area contributed by atoms with Crippen molar-refractivity contribution in [3.8, 4) is 11.1 Å². The first-order valence-electron chi connectivity index (χ1n) is 6.56. The highest BCUT2D eigenvalue weighted by atomic mass is 19.2. The molecule has 0 aliphatic carbocycles. The molecular weight excluding hydrogens is 264 g/mol. The number of ether oxygens (including phenoxy) is 1. The summed E-state index contributed by atoms with van der Waals surface area (Å²) in [5.74, 6) is -1.97. The third kappa shape index (κ3) is 2.27. The van der Waals surface area contributed by atoms with Gasteiger partial charge in [0.15, 0.2) is 11.6 Å². The fraction of sp³-hybridized carbons (Fsp3) is 0.357. The van der Waals surface area contributed by atoms with Gasteiger partial charge < -0.3 is 10.5 Å². The van der Waals surface area contributed by atoms with E-state index in [9.17, 15) is 8.78 Å². The molecule has 106 valence electrons. The largest absolute Gasteiger partial charge is 0.396 e. The second kappa shape index (κ2) is 5.20. The van der Waals surface area contributed by atoms with Gasteiger partial charge in [0.05, 0.1) is 11.9 Å². The molecule has 0 radical (unpaired) electrons. The summed E-state index contributed by atoms with van der Waals surface area (Å²) in [7, 11) is 0. The molecule has 2 N–H and O–H groups in total. The fourth-order valence-electron chi connectivity index (χ4n) is 2.35. The first-order valence-corrected chi connectivity index (χ1v) is 6.56. The number of anilines is 1. The SMILES string of the molecule is Nc1ccc(-c2cnn(C3CCCCO3)c2)c(F)c1F. The second-order valence-electron chi connectivity index (χ2n) is 4.86. The number of aromatic nitrogens is 2. The monoisotopic (exact) mass is 279 g/mol. The van der Waals surface area contributed by atoms with Gasteiger partial charge in [-0.15, -0.1) is 0 Å². The molecular formula is C14H15F2N3O. The Morgan fingerprint density at radius 2 is 2.10 bits per heavy atom. The summed E-state index contributed by atoms with van der Waals surface area (Å²) in [6.07, 6.45) is 6.04. The van der Waals surface area contributed by atoms with Crippen LogP contribution in [0.15, 0.2) is 24.5 Å². The summed E-state index contributed by atoms with van der Waals surface area (Å²) < 4.78 is 34.6. The van der Waals surface area contributed by atoms with Gasteiger partial charge in [0.1, 0.15) is 6.23 Å². The molecule has 1 aliphatic heterocycles. The van der Waals surface area contributed by atoms with Crippen LogP contribution in [0, 0.1) is 11.6 Å². The highest BCUT2D eigenvalue weighted by Gasteiger charge is 2.19. The van der Waals surface area contributed by atoms with Crippen LogP contribution in [0.5, 0.6) is 0 Å². The maximum atomic E-state index is 13.9. The molecule has 0 amide bonds. The number of nitrogens with two attached hydrogens (primary N) is 1. The van der Waals surface area contributed by atoms with E-state index in [1.54, 1.807) is 10.9 Å². The summed E-state index contributed by atoms with van der Waals surface area (Å²) in [6, 6.07) is 2.80. The zero-order valence-electron chi connectivity index (χ0n) is 10.9. The minimum atomic E-state index is -1.02. The zero-order valence-corrected chi connectivity index (χ0v) is 10.9. The lowest BCUT2D eigenvalue weighted by atomic mass is 10.1. The molecule has 4 nitrogen and oxygen atoms in total. The molecule has 2 heterocycles. The van der Waals surface area contributed by atoms with E-state index < -0.39 is 11.6 Å². The van der Waals surface area contributed by atoms with Gasteiger partial charge in [-0.25, -0.2) is 13.5 Å². The summed E-state index contributed by atoms with van der Waals surface area (Å²) in [5.41, 5.74) is 5.80. The molecule has 6 heteroatoms. The Labute approximate surface area is 115 Å². The van der Waals surface area contributed by atoms with Gasteiger partial charge >= 0.3 is 0 Å². The third-order valence-corrected chi connectivity index (χ3v) is 3.48. The number of hydrogen-bond donors (Lipinski definition) is 1. The number of hydrogen-bond acceptors (Lipinski definition) is 3. The molecule has 1 aromatic heterocycles. The van der Waals surface area contributed by atoms with Gasteiger partial charge in [-0.3, -0.25) is 0 Å². The van der Waals surface area contributed by atoms with E-state index in [0.717, 1.165) is 19.3 Å². The molecule has 1 saturated heterocycles. The molecule has 1 unspecified atom stereocenters. The van der Waals surface area contributed by atoms with Crippen molar-refractivity contribution in [1.82, 2.24) is 9.78 Å². The highest BCUT2D eigenvalue weighted by Crippen LogP contribution is 2.29. The lowest BCUT2D eigenvalue weighted by Gasteiger charge is -2.22. The highest BCUT2D eigenvalue weighted by molar-refractivity contribution is 5.65. The topological polar surface area (TPSA) is 53.1 Å². The molecule has 20 heavy (non-hydrogen) atoms. The predicted octanol–water partition coefficient (Wildman–Crippen LogP) is 3.11. The van der Waals surface area contributed by atoms with Crippen molar-refractivity contribution in [3.05, 3.63) is 36.2 Å². The molecule has 0 spiro atoms. The van der Waals surface area contributed by atoms with Gasteiger partial charge in [0, 0.05) is 23.9 Å². The van der Waals surface area contributed by atoms with Crippen molar-refractivity contribution in [2.75, 3.05) is 12.3 Å². The van der Waals surface area contributed by atoms with Crippen LogP contribution < -0.4 is 5.73 Å². The summed E-state index contributed by atoms with van der Waals surface area (Å²) in [6.45, 7) is 0.699. The second-order valence-corrected chi connectivity index (χ2v) is 4.86. The van der Waals surface area contributed by atoms with Crippen molar-refractivity contribution >= 4 is 5.69 Å². The van der Waals surface area contributed by atoms with Crippen molar-refractivity contribution in [2.45, 2.75) is 25.5 Å². The van der Waals surface area contributed by atoms with E-state index >= 15 is 0 Å². The quantitative estimate of drug-likeness (QED) is 0.859. The van der Waals surface area contributed by atoms with E-state index in [2.05, 4.69) is 5.10 Å². The Hall–Kier alpha value is -1.95. The maximum absolute atomic E-state index is 13.9. The smallest absolute Gasteiger partial charge is 0.182 e. The Morgan fingerprint density at radius 3 is 2.85 bits per heavy atom. The Kier molecular flexibility index (Phi) is 3.40. The zero-order chi connectivity index (χ0) is 14.1. The van der Waals surface area contributed by atoms with Crippen LogP contribution in [0.4, 0.5) is 14.5 Å². The Balaban J connectivity index is 1.92. The minimum Gasteiger partial charge on any atom is -0.396 e. The normalized spacial score (nSPS) is 19.2. The third-order valence-electron chi connectivity index (χ3n) is 3.48. The first-order chi connectivity index (χ1) is 9.66. The molecule has 2 aromatic rings. The molecule has 3 rings (SSSR count). The summed E-state index contributed by atoms with van der Waals surface area (Å²) in [4.78, 5) is 0. The van der Waals surface area contributed by atoms with Crippen LogP contribution in [0.3, 0.4) is 0 Å². The van der Waals surface area contributed by atoms with Gasteiger partial charge in [-0.1, -0.05) is 0 Å². The van der Waals surface area contributed by atoms with E-state index in [4.69, 9.17) is 10.5 Å². The van der Waals surface area contributed by atoms with Crippen LogP contribution in [0.1, 0.15) is 25.5 Å². The molecule has 1 fully saturated rings. The molecule has 0 saturated carbocycles. The maximum Gasteiger partial charge on any atom is 0.182 e. The van der Waals surface area contributed by atoms with E-state index in [1.165, 1.54) is 18.3 Å². The van der Waals surface area contributed by atoms with Gasteiger partial charge in [0.25, 0.3) is 0 Å². The Morgan fingerprint density at radius 1 is 1.25 bits per heavy atom. The minimum absolute atomic E-state index is 0.126. The summed E-state index contributed by atoms with van der Waals surface area (Å²) in [5, 5.41) is 4.18. The van der Waals surface area contributed by atoms with Crippen molar-refractivity contribution < 1.29 is 13.5 Å². The summed E-state index contributed by atoms with van der Waals surface area (Å²) >= 11 is 0. The number of halogens is 2. The van der Waals surface area contributed by atoms with E-state index in [1.807, 2.05) is 0 Å². The fourth-order valence-corrected chi connectivity index (χ4v) is 2.35. The number of rotatable bonds is 2. The standard InChI is InChI=1S/C14H15F2N3O/c15-13-10(4-5-11(17)14(13)16)9-7-18-19(8-9)12-3-1-2-6-20-12/h4-5,7-8,12H,1-3,6,17H2. The van der Waals surface area contributed by atoms with Gasteiger partial charge in [0.2, 0.25) is 0 Å². The first kappa shape index (κ1) is 13.1. The number of nitrogen functional groups attached to an aromatic ring is 1. The molecule has 1 aromatic carbocycles.